The highest BCUT2D eigenvalue weighted by Gasteiger charge is 2.45. The summed E-state index contributed by atoms with van der Waals surface area (Å²) in [4.78, 5) is 2.86. The Morgan fingerprint density at radius 3 is 1.79 bits per heavy atom. The van der Waals surface area contributed by atoms with Crippen molar-refractivity contribution in [1.82, 2.24) is 4.90 Å². The molecule has 0 spiro atoms. The molecule has 0 amide bonds. The number of likely N-dealkylation sites (tertiary alicyclic amines) is 1. The van der Waals surface area contributed by atoms with Crippen LogP contribution in [0.25, 0.3) is 0 Å². The van der Waals surface area contributed by atoms with Gasteiger partial charge in [-0.2, -0.15) is 0 Å². The summed E-state index contributed by atoms with van der Waals surface area (Å²) < 4.78 is 31.8. The predicted octanol–water partition coefficient (Wildman–Crippen LogP) is 5.62. The molecule has 42 heavy (non-hydrogen) atoms. The van der Waals surface area contributed by atoms with E-state index in [1.54, 1.807) is 24.3 Å². The molecule has 4 aromatic rings. The summed E-state index contributed by atoms with van der Waals surface area (Å²) in [7, 11) is -3.42. The quantitative estimate of drug-likeness (QED) is 0.263. The molecule has 2 fully saturated rings. The van der Waals surface area contributed by atoms with Crippen molar-refractivity contribution < 1.29 is 18.3 Å². The zero-order valence-corrected chi connectivity index (χ0v) is 24.8. The third kappa shape index (κ3) is 5.82. The second kappa shape index (κ2) is 12.1. The zero-order chi connectivity index (χ0) is 29.0. The molecule has 0 bridgehead atoms. The average molecular weight is 582 g/mol. The van der Waals surface area contributed by atoms with E-state index in [0.717, 1.165) is 55.6 Å². The van der Waals surface area contributed by atoms with Gasteiger partial charge in [-0.15, -0.1) is 0 Å². The third-order valence-corrected chi connectivity index (χ3v) is 11.1. The first kappa shape index (κ1) is 28.8. The average Bonchev–Trinajstić information content (AvgIpc) is 3.03. The minimum absolute atomic E-state index is 0.0522. The lowest BCUT2D eigenvalue weighted by molar-refractivity contribution is -0.0481. The minimum Gasteiger partial charge on any atom is -0.380 e. The summed E-state index contributed by atoms with van der Waals surface area (Å²) >= 11 is 0. The number of aliphatic hydroxyl groups is 1. The van der Waals surface area contributed by atoms with Crippen LogP contribution >= 0.6 is 0 Å². The maximum absolute atomic E-state index is 13.1. The van der Waals surface area contributed by atoms with E-state index in [4.69, 9.17) is 4.74 Å². The van der Waals surface area contributed by atoms with Crippen molar-refractivity contribution in [2.75, 3.05) is 38.6 Å². The molecule has 2 heterocycles. The molecule has 0 aromatic heterocycles. The number of ether oxygens (including phenoxy) is 1. The van der Waals surface area contributed by atoms with E-state index in [2.05, 4.69) is 29.2 Å². The van der Waals surface area contributed by atoms with Gasteiger partial charge in [-0.1, -0.05) is 103 Å². The topological polar surface area (TPSA) is 66.8 Å². The highest BCUT2D eigenvalue weighted by molar-refractivity contribution is 7.91. The molecule has 0 unspecified atom stereocenters. The molecule has 0 saturated carbocycles. The molecule has 2 saturated heterocycles. The van der Waals surface area contributed by atoms with Gasteiger partial charge in [0.1, 0.15) is 5.60 Å². The molecule has 0 radical (unpaired) electrons. The summed E-state index contributed by atoms with van der Waals surface area (Å²) in [6.07, 6.45) is 2.79. The lowest BCUT2D eigenvalue weighted by Gasteiger charge is -2.42. The van der Waals surface area contributed by atoms with Crippen LogP contribution in [0.4, 0.5) is 0 Å². The van der Waals surface area contributed by atoms with E-state index in [-0.39, 0.29) is 11.7 Å². The van der Waals surface area contributed by atoms with Crippen LogP contribution in [0.15, 0.2) is 120 Å². The van der Waals surface area contributed by atoms with Crippen molar-refractivity contribution >= 4 is 9.84 Å². The Balaban J connectivity index is 1.07. The van der Waals surface area contributed by atoms with Crippen LogP contribution in [0.1, 0.15) is 35.1 Å². The fourth-order valence-electron chi connectivity index (χ4n) is 6.67. The van der Waals surface area contributed by atoms with Crippen LogP contribution in [0, 0.1) is 5.92 Å². The van der Waals surface area contributed by atoms with Crippen molar-refractivity contribution in [3.05, 3.63) is 138 Å². The molecule has 2 aliphatic heterocycles. The van der Waals surface area contributed by atoms with Gasteiger partial charge in [0.25, 0.3) is 0 Å². The lowest BCUT2D eigenvalue weighted by Crippen LogP contribution is -2.51. The van der Waals surface area contributed by atoms with E-state index in [1.807, 2.05) is 66.7 Å². The molecule has 0 aliphatic carbocycles. The summed E-state index contributed by atoms with van der Waals surface area (Å²) in [6.45, 7) is 3.69. The Hall–Kier alpha value is -3.29. The maximum Gasteiger partial charge on any atom is 0.179 e. The number of piperidine rings is 1. The summed E-state index contributed by atoms with van der Waals surface area (Å²) in [5.41, 5.74) is 2.69. The van der Waals surface area contributed by atoms with Gasteiger partial charge in [0.15, 0.2) is 9.84 Å². The van der Waals surface area contributed by atoms with Crippen LogP contribution in [0.2, 0.25) is 0 Å². The normalized spacial score (nSPS) is 17.9. The second-order valence-corrected chi connectivity index (χ2v) is 13.9. The Bertz CT molecular complexity index is 1510. The highest BCUT2D eigenvalue weighted by atomic mass is 32.2. The Morgan fingerprint density at radius 1 is 0.762 bits per heavy atom. The van der Waals surface area contributed by atoms with Gasteiger partial charge in [-0.05, 0) is 72.7 Å². The van der Waals surface area contributed by atoms with Gasteiger partial charge in [-0.25, -0.2) is 8.42 Å². The molecule has 2 aliphatic rings. The Labute approximate surface area is 249 Å². The lowest BCUT2D eigenvalue weighted by atomic mass is 9.72. The molecule has 6 rings (SSSR count). The van der Waals surface area contributed by atoms with Gasteiger partial charge in [0.05, 0.1) is 29.3 Å². The zero-order valence-electron chi connectivity index (χ0n) is 23.9. The van der Waals surface area contributed by atoms with Crippen molar-refractivity contribution in [2.24, 2.45) is 5.92 Å². The van der Waals surface area contributed by atoms with Crippen LogP contribution in [-0.4, -0.2) is 57.0 Å². The molecule has 1 N–H and O–H groups in total. The third-order valence-electron chi connectivity index (χ3n) is 9.21. The number of nitrogens with zero attached hydrogens (tertiary/aromatic N) is 1. The van der Waals surface area contributed by atoms with E-state index >= 15 is 0 Å². The molecule has 5 nitrogen and oxygen atoms in total. The van der Waals surface area contributed by atoms with Crippen LogP contribution < -0.4 is 0 Å². The molecule has 0 atom stereocenters. The first-order chi connectivity index (χ1) is 20.4. The van der Waals surface area contributed by atoms with Crippen molar-refractivity contribution in [3.8, 4) is 0 Å². The van der Waals surface area contributed by atoms with Crippen LogP contribution in [0.5, 0.6) is 0 Å². The number of hydrogen-bond donors (Lipinski definition) is 1. The maximum atomic E-state index is 13.1. The smallest absolute Gasteiger partial charge is 0.179 e. The van der Waals surface area contributed by atoms with Gasteiger partial charge in [0.2, 0.25) is 0 Å². The number of hydrogen-bond acceptors (Lipinski definition) is 5. The van der Waals surface area contributed by atoms with Crippen molar-refractivity contribution in [1.29, 1.82) is 0 Å². The SMILES string of the molecule is O=S(=O)(CC1(c2ccc(CCN3CCC(C(O)(c4ccccc4)c4ccccc4)CC3)cc2)COC1)c1ccccc1. The van der Waals surface area contributed by atoms with E-state index in [0.29, 0.717) is 18.1 Å². The van der Waals surface area contributed by atoms with Crippen LogP contribution in [0.3, 0.4) is 0 Å². The summed E-state index contributed by atoms with van der Waals surface area (Å²) in [6, 6.07) is 37.3. The number of sulfone groups is 1. The van der Waals surface area contributed by atoms with E-state index in [9.17, 15) is 13.5 Å². The fourth-order valence-corrected chi connectivity index (χ4v) is 8.47. The second-order valence-electron chi connectivity index (χ2n) is 11.9. The molecular formula is C36H39NO4S. The fraction of sp³-hybridized carbons (Fsp3) is 0.333. The number of rotatable bonds is 10. The van der Waals surface area contributed by atoms with Crippen molar-refractivity contribution in [3.63, 3.8) is 0 Å². The van der Waals surface area contributed by atoms with Crippen LogP contribution in [-0.2, 0) is 32.0 Å². The highest BCUT2D eigenvalue weighted by Crippen LogP contribution is 2.42. The van der Waals surface area contributed by atoms with E-state index in [1.165, 1.54) is 5.56 Å². The number of benzene rings is 4. The minimum atomic E-state index is -3.42. The van der Waals surface area contributed by atoms with Gasteiger partial charge in [0, 0.05) is 6.54 Å². The Kier molecular flexibility index (Phi) is 8.33. The molecule has 218 valence electrons. The van der Waals surface area contributed by atoms with Gasteiger partial charge < -0.3 is 14.7 Å². The van der Waals surface area contributed by atoms with Gasteiger partial charge in [-0.3, -0.25) is 0 Å². The Morgan fingerprint density at radius 2 is 1.29 bits per heavy atom. The summed E-state index contributed by atoms with van der Waals surface area (Å²) in [5, 5.41) is 12.2. The predicted molar refractivity (Wildman–Crippen MR) is 166 cm³/mol. The standard InChI is InChI=1S/C36H39NO4S/c38-36(31-10-4-1-5-11-31,32-12-6-2-7-13-32)33-21-24-37(25-22-33)23-20-29-16-18-30(19-17-29)35(26-41-27-35)28-42(39,40)34-14-8-3-9-15-34/h1-19,33,38H,20-28H2. The van der Waals surface area contributed by atoms with E-state index < -0.39 is 20.9 Å². The monoisotopic (exact) mass is 581 g/mol. The molecular weight excluding hydrogens is 542 g/mol. The molecule has 4 aromatic carbocycles. The van der Waals surface area contributed by atoms with Crippen molar-refractivity contribution in [2.45, 2.75) is 35.2 Å². The largest absolute Gasteiger partial charge is 0.380 e. The first-order valence-corrected chi connectivity index (χ1v) is 16.6. The summed E-state index contributed by atoms with van der Waals surface area (Å²) in [5.74, 6) is 0.197. The first-order valence-electron chi connectivity index (χ1n) is 14.9. The van der Waals surface area contributed by atoms with Gasteiger partial charge >= 0.3 is 0 Å². The molecule has 6 heteroatoms.